The van der Waals surface area contributed by atoms with Crippen molar-refractivity contribution in [1.29, 1.82) is 0 Å². The Labute approximate surface area is 162 Å². The number of hydrazine groups is 1. The highest BCUT2D eigenvalue weighted by molar-refractivity contribution is 6.00. The fourth-order valence-corrected chi connectivity index (χ4v) is 3.11. The Morgan fingerprint density at radius 3 is 2.32 bits per heavy atom. The molecule has 3 amide bonds. The van der Waals surface area contributed by atoms with Gasteiger partial charge in [0.25, 0.3) is 0 Å². The molecule has 146 valence electrons. The second-order valence-electron chi connectivity index (χ2n) is 6.77. The van der Waals surface area contributed by atoms with E-state index in [1.165, 1.54) is 29.8 Å². The summed E-state index contributed by atoms with van der Waals surface area (Å²) in [5.74, 6) is -1.87. The maximum atomic E-state index is 12.9. The van der Waals surface area contributed by atoms with E-state index >= 15 is 0 Å². The second kappa shape index (κ2) is 8.65. The maximum absolute atomic E-state index is 12.9. The molecule has 0 spiro atoms. The summed E-state index contributed by atoms with van der Waals surface area (Å²) in [5.41, 5.74) is 7.29. The summed E-state index contributed by atoms with van der Waals surface area (Å²) in [5, 5.41) is 0. The molecule has 6 nitrogen and oxygen atoms in total. The monoisotopic (exact) mass is 383 g/mol. The van der Waals surface area contributed by atoms with Gasteiger partial charge in [-0.2, -0.15) is 0 Å². The largest absolute Gasteiger partial charge is 0.312 e. The van der Waals surface area contributed by atoms with Crippen molar-refractivity contribution in [3.05, 3.63) is 65.5 Å². The highest BCUT2D eigenvalue weighted by atomic mass is 19.1. The molecule has 28 heavy (non-hydrogen) atoms. The number of anilines is 1. The summed E-state index contributed by atoms with van der Waals surface area (Å²) >= 11 is 0. The summed E-state index contributed by atoms with van der Waals surface area (Å²) in [6, 6.07) is 13.2. The molecule has 1 saturated heterocycles. The molecule has 2 aromatic carbocycles. The van der Waals surface area contributed by atoms with Crippen LogP contribution in [-0.4, -0.2) is 24.3 Å². The van der Waals surface area contributed by atoms with Crippen LogP contribution in [0.15, 0.2) is 48.5 Å². The van der Waals surface area contributed by atoms with Gasteiger partial charge in [0, 0.05) is 18.7 Å². The lowest BCUT2D eigenvalue weighted by Crippen LogP contribution is -2.45. The molecular formula is C21H22FN3O3. The van der Waals surface area contributed by atoms with Crippen LogP contribution in [0.4, 0.5) is 10.1 Å². The average Bonchev–Trinajstić information content (AvgIpc) is 3.10. The molecule has 1 heterocycles. The van der Waals surface area contributed by atoms with Crippen molar-refractivity contribution < 1.29 is 18.8 Å². The molecule has 0 bridgehead atoms. The van der Waals surface area contributed by atoms with Crippen molar-refractivity contribution in [3.63, 3.8) is 0 Å². The molecule has 0 aliphatic carbocycles. The summed E-state index contributed by atoms with van der Waals surface area (Å²) < 4.78 is 12.9. The van der Waals surface area contributed by atoms with Crippen LogP contribution in [0.2, 0.25) is 0 Å². The minimum Gasteiger partial charge on any atom is -0.312 e. The van der Waals surface area contributed by atoms with E-state index in [-0.39, 0.29) is 31.1 Å². The molecule has 2 aromatic rings. The van der Waals surface area contributed by atoms with Crippen LogP contribution in [0, 0.1) is 11.7 Å². The van der Waals surface area contributed by atoms with Crippen molar-refractivity contribution in [3.8, 4) is 0 Å². The highest BCUT2D eigenvalue weighted by Gasteiger charge is 2.35. The van der Waals surface area contributed by atoms with Gasteiger partial charge in [-0.05, 0) is 41.8 Å². The number of hydrogen-bond acceptors (Lipinski definition) is 3. The molecule has 7 heteroatoms. The topological polar surface area (TPSA) is 78.5 Å². The van der Waals surface area contributed by atoms with E-state index in [2.05, 4.69) is 17.8 Å². The number of amides is 3. The predicted molar refractivity (Wildman–Crippen MR) is 103 cm³/mol. The lowest BCUT2D eigenvalue weighted by Gasteiger charge is -2.17. The number of hydrogen-bond donors (Lipinski definition) is 2. The van der Waals surface area contributed by atoms with Crippen LogP contribution in [0.3, 0.4) is 0 Å². The lowest BCUT2D eigenvalue weighted by molar-refractivity contribution is -0.131. The molecule has 3 rings (SSSR count). The van der Waals surface area contributed by atoms with E-state index in [4.69, 9.17) is 0 Å². The first-order valence-electron chi connectivity index (χ1n) is 9.18. The summed E-state index contributed by atoms with van der Waals surface area (Å²) in [7, 11) is 0. The van der Waals surface area contributed by atoms with E-state index in [9.17, 15) is 18.8 Å². The first-order valence-corrected chi connectivity index (χ1v) is 9.18. The van der Waals surface area contributed by atoms with Gasteiger partial charge in [0.05, 0.1) is 12.3 Å². The lowest BCUT2D eigenvalue weighted by atomic mass is 10.1. The first kappa shape index (κ1) is 19.5. The van der Waals surface area contributed by atoms with Crippen LogP contribution < -0.4 is 15.8 Å². The number of halogens is 1. The van der Waals surface area contributed by atoms with Crippen LogP contribution in [0.25, 0.3) is 0 Å². The molecule has 0 radical (unpaired) electrons. The average molecular weight is 383 g/mol. The Bertz CT molecular complexity index is 865. The first-order chi connectivity index (χ1) is 13.5. The Hall–Kier alpha value is -3.22. The summed E-state index contributed by atoms with van der Waals surface area (Å²) in [6.07, 6.45) is 1.02. The van der Waals surface area contributed by atoms with Gasteiger partial charge in [-0.1, -0.05) is 31.2 Å². The summed E-state index contributed by atoms with van der Waals surface area (Å²) in [4.78, 5) is 38.1. The van der Waals surface area contributed by atoms with E-state index in [1.54, 1.807) is 4.90 Å². The summed E-state index contributed by atoms with van der Waals surface area (Å²) in [6.45, 7) is 2.32. The highest BCUT2D eigenvalue weighted by Crippen LogP contribution is 2.25. The standard InChI is InChI=1S/C21H22FN3O3/c1-2-14-5-9-18(10-6-14)25-13-16(12-20(25)27)21(28)24-23-19(26)11-15-3-7-17(22)8-4-15/h3-10,16H,2,11-13H2,1H3,(H,23,26)(H,24,28)/t16-/m1/s1. The number of rotatable bonds is 5. The molecule has 1 aliphatic rings. The third-order valence-corrected chi connectivity index (χ3v) is 4.76. The fraction of sp³-hybridized carbons (Fsp3) is 0.286. The van der Waals surface area contributed by atoms with Crippen molar-refractivity contribution in [2.45, 2.75) is 26.2 Å². The fourth-order valence-electron chi connectivity index (χ4n) is 3.11. The maximum Gasteiger partial charge on any atom is 0.243 e. The second-order valence-corrected chi connectivity index (χ2v) is 6.77. The Kier molecular flexibility index (Phi) is 6.03. The number of aryl methyl sites for hydroxylation is 1. The van der Waals surface area contributed by atoms with Gasteiger partial charge < -0.3 is 4.90 Å². The van der Waals surface area contributed by atoms with Gasteiger partial charge in [-0.25, -0.2) is 4.39 Å². The zero-order chi connectivity index (χ0) is 20.1. The quantitative estimate of drug-likeness (QED) is 0.777. The SMILES string of the molecule is CCc1ccc(N2C[C@H](C(=O)NNC(=O)Cc3ccc(F)cc3)CC2=O)cc1. The van der Waals surface area contributed by atoms with Crippen molar-refractivity contribution in [1.82, 2.24) is 10.9 Å². The minimum atomic E-state index is -0.538. The third kappa shape index (κ3) is 4.73. The van der Waals surface area contributed by atoms with E-state index in [0.29, 0.717) is 5.56 Å². The normalized spacial score (nSPS) is 16.1. The molecular weight excluding hydrogens is 361 g/mol. The van der Waals surface area contributed by atoms with E-state index < -0.39 is 17.7 Å². The zero-order valence-electron chi connectivity index (χ0n) is 15.6. The number of carbonyl (C=O) groups is 3. The molecule has 0 aromatic heterocycles. The molecule has 1 aliphatic heterocycles. The van der Waals surface area contributed by atoms with Crippen LogP contribution in [0.5, 0.6) is 0 Å². The predicted octanol–water partition coefficient (Wildman–Crippen LogP) is 2.13. The van der Waals surface area contributed by atoms with Gasteiger partial charge in [0.1, 0.15) is 5.82 Å². The smallest absolute Gasteiger partial charge is 0.243 e. The molecule has 0 saturated carbocycles. The Morgan fingerprint density at radius 1 is 1.04 bits per heavy atom. The number of benzene rings is 2. The Morgan fingerprint density at radius 2 is 1.68 bits per heavy atom. The van der Waals surface area contributed by atoms with Gasteiger partial charge in [0.15, 0.2) is 0 Å². The molecule has 0 unspecified atom stereocenters. The van der Waals surface area contributed by atoms with Gasteiger partial charge in [0.2, 0.25) is 17.7 Å². The van der Waals surface area contributed by atoms with Crippen LogP contribution in [-0.2, 0) is 27.2 Å². The van der Waals surface area contributed by atoms with Crippen molar-refractivity contribution >= 4 is 23.4 Å². The van der Waals surface area contributed by atoms with Crippen LogP contribution in [0.1, 0.15) is 24.5 Å². The van der Waals surface area contributed by atoms with Crippen molar-refractivity contribution in [2.24, 2.45) is 5.92 Å². The van der Waals surface area contributed by atoms with E-state index in [1.807, 2.05) is 24.3 Å². The number of nitrogens with zero attached hydrogens (tertiary/aromatic N) is 1. The number of carbonyl (C=O) groups excluding carboxylic acids is 3. The van der Waals surface area contributed by atoms with E-state index in [0.717, 1.165) is 12.1 Å². The van der Waals surface area contributed by atoms with Gasteiger partial charge >= 0.3 is 0 Å². The molecule has 2 N–H and O–H groups in total. The van der Waals surface area contributed by atoms with Crippen LogP contribution >= 0.6 is 0 Å². The minimum absolute atomic E-state index is 0.0139. The molecule has 1 fully saturated rings. The Balaban J connectivity index is 1.51. The van der Waals surface area contributed by atoms with Crippen molar-refractivity contribution in [2.75, 3.05) is 11.4 Å². The van der Waals surface area contributed by atoms with Gasteiger partial charge in [-0.15, -0.1) is 0 Å². The third-order valence-electron chi connectivity index (χ3n) is 4.76. The van der Waals surface area contributed by atoms with Gasteiger partial charge in [-0.3, -0.25) is 25.2 Å². The number of nitrogens with one attached hydrogen (secondary N) is 2. The molecule has 1 atom stereocenters. The zero-order valence-corrected chi connectivity index (χ0v) is 15.6.